The van der Waals surface area contributed by atoms with Crippen LogP contribution in [0.5, 0.6) is 0 Å². The van der Waals surface area contributed by atoms with Crippen molar-refractivity contribution in [2.24, 2.45) is 0 Å². The second kappa shape index (κ2) is 6.13. The molecule has 1 amide bonds. The summed E-state index contributed by atoms with van der Waals surface area (Å²) in [7, 11) is 0. The lowest BCUT2D eigenvalue weighted by molar-refractivity contribution is -0.240. The van der Waals surface area contributed by atoms with Gasteiger partial charge >= 0.3 is 12.4 Å². The molecule has 4 nitrogen and oxygen atoms in total. The van der Waals surface area contributed by atoms with Gasteiger partial charge < -0.3 is 10.1 Å². The van der Waals surface area contributed by atoms with Gasteiger partial charge in [0, 0.05) is 6.54 Å². The van der Waals surface area contributed by atoms with E-state index in [0.717, 1.165) is 0 Å². The number of nitrogens with one attached hydrogen (secondary N) is 1. The average Bonchev–Trinajstić information content (AvgIpc) is 2.89. The smallest absolute Gasteiger partial charge is 0.444 e. The van der Waals surface area contributed by atoms with E-state index in [1.54, 1.807) is 30.3 Å². The zero-order chi connectivity index (χ0) is 14.6. The Hall–Kier alpha value is -1.76. The SMILES string of the molecule is O=C(OCc1ccccc1)N([C@H]1CCNC1)C(F)(F)F. The molecule has 110 valence electrons. The van der Waals surface area contributed by atoms with Crippen LogP contribution in [-0.2, 0) is 11.3 Å². The van der Waals surface area contributed by atoms with Crippen molar-refractivity contribution >= 4 is 6.09 Å². The van der Waals surface area contributed by atoms with Crippen LogP contribution in [0.25, 0.3) is 0 Å². The van der Waals surface area contributed by atoms with E-state index in [1.165, 1.54) is 0 Å². The zero-order valence-electron chi connectivity index (χ0n) is 10.7. The first-order valence-electron chi connectivity index (χ1n) is 6.26. The molecular formula is C13H15F3N2O2. The lowest BCUT2D eigenvalue weighted by Gasteiger charge is -2.29. The van der Waals surface area contributed by atoms with Gasteiger partial charge in [-0.3, -0.25) is 0 Å². The van der Waals surface area contributed by atoms with Crippen molar-refractivity contribution in [3.05, 3.63) is 35.9 Å². The molecule has 0 unspecified atom stereocenters. The number of halogens is 3. The fourth-order valence-corrected chi connectivity index (χ4v) is 2.11. The van der Waals surface area contributed by atoms with E-state index < -0.39 is 18.4 Å². The number of rotatable bonds is 3. The highest BCUT2D eigenvalue weighted by Gasteiger charge is 2.47. The zero-order valence-corrected chi connectivity index (χ0v) is 10.7. The highest BCUT2D eigenvalue weighted by Crippen LogP contribution is 2.27. The Morgan fingerprint density at radius 1 is 1.35 bits per heavy atom. The lowest BCUT2D eigenvalue weighted by atomic mass is 10.2. The van der Waals surface area contributed by atoms with Crippen LogP contribution < -0.4 is 5.32 Å². The fourth-order valence-electron chi connectivity index (χ4n) is 2.11. The van der Waals surface area contributed by atoms with Crippen LogP contribution in [0.1, 0.15) is 12.0 Å². The first-order chi connectivity index (χ1) is 9.48. The molecule has 20 heavy (non-hydrogen) atoms. The highest BCUT2D eigenvalue weighted by atomic mass is 19.4. The van der Waals surface area contributed by atoms with Gasteiger partial charge in [0.15, 0.2) is 0 Å². The molecule has 0 aromatic heterocycles. The van der Waals surface area contributed by atoms with E-state index in [9.17, 15) is 18.0 Å². The van der Waals surface area contributed by atoms with Gasteiger partial charge in [-0.05, 0) is 18.5 Å². The quantitative estimate of drug-likeness (QED) is 0.869. The molecule has 1 fully saturated rings. The van der Waals surface area contributed by atoms with E-state index in [2.05, 4.69) is 5.32 Å². The monoisotopic (exact) mass is 288 g/mol. The number of nitrogens with zero attached hydrogens (tertiary/aromatic N) is 1. The summed E-state index contributed by atoms with van der Waals surface area (Å²) in [6, 6.07) is 7.69. The Balaban J connectivity index is 2.00. The third-order valence-corrected chi connectivity index (χ3v) is 3.07. The molecule has 0 bridgehead atoms. The maximum absolute atomic E-state index is 12.9. The molecule has 1 saturated heterocycles. The van der Waals surface area contributed by atoms with Crippen LogP contribution in [-0.4, -0.2) is 36.4 Å². The molecule has 0 aliphatic carbocycles. The number of hydrogen-bond donors (Lipinski definition) is 1. The van der Waals surface area contributed by atoms with Gasteiger partial charge in [0.25, 0.3) is 0 Å². The Bertz CT molecular complexity index is 445. The van der Waals surface area contributed by atoms with E-state index >= 15 is 0 Å². The van der Waals surface area contributed by atoms with Crippen molar-refractivity contribution < 1.29 is 22.7 Å². The molecule has 0 spiro atoms. The van der Waals surface area contributed by atoms with Crippen LogP contribution in [0.4, 0.5) is 18.0 Å². The normalized spacial score (nSPS) is 18.9. The number of benzene rings is 1. The van der Waals surface area contributed by atoms with Crippen molar-refractivity contribution in [2.75, 3.05) is 13.1 Å². The topological polar surface area (TPSA) is 41.6 Å². The summed E-state index contributed by atoms with van der Waals surface area (Å²) in [5, 5.41) is 2.80. The minimum absolute atomic E-state index is 0.125. The fraction of sp³-hybridized carbons (Fsp3) is 0.462. The van der Waals surface area contributed by atoms with Crippen LogP contribution in [0.15, 0.2) is 30.3 Å². The van der Waals surface area contributed by atoms with Gasteiger partial charge in [0.1, 0.15) is 6.61 Å². The van der Waals surface area contributed by atoms with Crippen LogP contribution in [0.2, 0.25) is 0 Å². The third-order valence-electron chi connectivity index (χ3n) is 3.07. The maximum atomic E-state index is 12.9. The number of carbonyl (C=O) groups is 1. The minimum Gasteiger partial charge on any atom is -0.444 e. The molecule has 1 N–H and O–H groups in total. The molecule has 1 atom stereocenters. The summed E-state index contributed by atoms with van der Waals surface area (Å²) in [6.45, 7) is 0.412. The van der Waals surface area contributed by atoms with Gasteiger partial charge in [-0.1, -0.05) is 30.3 Å². The van der Waals surface area contributed by atoms with Crippen molar-refractivity contribution in [1.82, 2.24) is 10.2 Å². The largest absolute Gasteiger partial charge is 0.490 e. The van der Waals surface area contributed by atoms with Crippen molar-refractivity contribution in [2.45, 2.75) is 25.4 Å². The average molecular weight is 288 g/mol. The van der Waals surface area contributed by atoms with Crippen molar-refractivity contribution in [1.29, 1.82) is 0 Å². The van der Waals surface area contributed by atoms with Gasteiger partial charge in [-0.2, -0.15) is 0 Å². The summed E-state index contributed by atoms with van der Waals surface area (Å²) >= 11 is 0. The number of amides is 1. The van der Waals surface area contributed by atoms with Gasteiger partial charge in [0.2, 0.25) is 0 Å². The number of carbonyl (C=O) groups excluding carboxylic acids is 1. The van der Waals surface area contributed by atoms with Gasteiger partial charge in [0.05, 0.1) is 6.04 Å². The molecule has 7 heteroatoms. The lowest BCUT2D eigenvalue weighted by Crippen LogP contribution is -2.50. The molecule has 1 heterocycles. The first-order valence-corrected chi connectivity index (χ1v) is 6.26. The van der Waals surface area contributed by atoms with Gasteiger partial charge in [-0.25, -0.2) is 9.69 Å². The summed E-state index contributed by atoms with van der Waals surface area (Å²) in [5.41, 5.74) is 0.646. The second-order valence-electron chi connectivity index (χ2n) is 4.52. The first kappa shape index (κ1) is 14.6. The molecule has 1 aliphatic heterocycles. The number of hydrogen-bond acceptors (Lipinski definition) is 3. The Morgan fingerprint density at radius 3 is 2.60 bits per heavy atom. The predicted octanol–water partition coefficient (Wildman–Crippen LogP) is 2.51. The van der Waals surface area contributed by atoms with E-state index in [1.807, 2.05) is 0 Å². The second-order valence-corrected chi connectivity index (χ2v) is 4.52. The molecule has 1 aliphatic rings. The summed E-state index contributed by atoms with van der Waals surface area (Å²) in [4.78, 5) is 11.6. The predicted molar refractivity (Wildman–Crippen MR) is 65.8 cm³/mol. The Morgan fingerprint density at radius 2 is 2.05 bits per heavy atom. The Kier molecular flexibility index (Phi) is 4.49. The minimum atomic E-state index is -4.73. The molecule has 0 radical (unpaired) electrons. The van der Waals surface area contributed by atoms with E-state index in [0.29, 0.717) is 12.1 Å². The molecule has 1 aromatic carbocycles. The van der Waals surface area contributed by atoms with E-state index in [-0.39, 0.29) is 24.5 Å². The summed E-state index contributed by atoms with van der Waals surface area (Å²) in [5.74, 6) is 0. The molecule has 1 aromatic rings. The van der Waals surface area contributed by atoms with Gasteiger partial charge in [-0.15, -0.1) is 13.2 Å². The van der Waals surface area contributed by atoms with E-state index in [4.69, 9.17) is 4.74 Å². The summed E-state index contributed by atoms with van der Waals surface area (Å²) < 4.78 is 43.6. The molecule has 2 rings (SSSR count). The number of ether oxygens (including phenoxy) is 1. The van der Waals surface area contributed by atoms with Crippen molar-refractivity contribution in [3.63, 3.8) is 0 Å². The third kappa shape index (κ3) is 3.63. The van der Waals surface area contributed by atoms with Crippen LogP contribution in [0.3, 0.4) is 0 Å². The highest BCUT2D eigenvalue weighted by molar-refractivity contribution is 5.68. The maximum Gasteiger partial charge on any atom is 0.490 e. The standard InChI is InChI=1S/C13H15F3N2O2/c14-13(15,16)18(11-6-7-17-8-11)12(19)20-9-10-4-2-1-3-5-10/h1-5,11,17H,6-9H2/t11-/m0/s1. The van der Waals surface area contributed by atoms with Crippen molar-refractivity contribution in [3.8, 4) is 0 Å². The van der Waals surface area contributed by atoms with Crippen LogP contribution >= 0.6 is 0 Å². The number of alkyl halides is 3. The molecule has 0 saturated carbocycles. The Labute approximate surface area is 114 Å². The summed E-state index contributed by atoms with van der Waals surface area (Å²) in [6.07, 6.45) is -5.82. The molecular weight excluding hydrogens is 273 g/mol. The van der Waals surface area contributed by atoms with Crippen LogP contribution in [0, 0.1) is 0 Å².